The third kappa shape index (κ3) is 8.22. The maximum atomic E-state index is 13.6. The Morgan fingerprint density at radius 3 is 2.25 bits per heavy atom. The molecule has 0 aliphatic heterocycles. The molecule has 1 N–H and O–H groups in total. The van der Waals surface area contributed by atoms with Gasteiger partial charge < -0.3 is 19.5 Å². The second kappa shape index (κ2) is 13.2. The molecule has 10 heteroatoms. The van der Waals surface area contributed by atoms with Gasteiger partial charge in [0.15, 0.2) is 11.4 Å². The fraction of sp³-hybridized carbons (Fsp3) is 0.333. The van der Waals surface area contributed by atoms with Crippen LogP contribution in [0.5, 0.6) is 11.5 Å². The summed E-state index contributed by atoms with van der Waals surface area (Å²) in [6.45, 7) is 3.57. The van der Waals surface area contributed by atoms with E-state index in [1.807, 2.05) is 0 Å². The van der Waals surface area contributed by atoms with Gasteiger partial charge in [-0.3, -0.25) is 9.59 Å². The van der Waals surface area contributed by atoms with Crippen LogP contribution in [-0.4, -0.2) is 38.1 Å². The van der Waals surface area contributed by atoms with Gasteiger partial charge in [0.2, 0.25) is 0 Å². The number of hydrogen-bond donors (Lipinski definition) is 1. The first-order valence-corrected chi connectivity index (χ1v) is 12.8. The SMILES string of the molecule is COC(=O)Cc1ccc(OC)c(-c2ccc(C(F)(F)F)cc2CNCCC(=O)C(C)(C)Oc2ccc(Cl)cc2)c1. The van der Waals surface area contributed by atoms with Crippen molar-refractivity contribution in [3.63, 3.8) is 0 Å². The van der Waals surface area contributed by atoms with E-state index in [1.165, 1.54) is 20.3 Å². The number of ether oxygens (including phenoxy) is 3. The van der Waals surface area contributed by atoms with Crippen LogP contribution in [0.2, 0.25) is 5.02 Å². The number of carbonyl (C=O) groups is 2. The zero-order valence-corrected chi connectivity index (χ0v) is 23.4. The zero-order valence-electron chi connectivity index (χ0n) is 22.7. The molecule has 0 unspecified atom stereocenters. The Hall–Kier alpha value is -3.56. The lowest BCUT2D eigenvalue weighted by Gasteiger charge is -2.25. The Labute approximate surface area is 236 Å². The predicted octanol–water partition coefficient (Wildman–Crippen LogP) is 6.66. The van der Waals surface area contributed by atoms with Crippen LogP contribution in [-0.2, 0) is 33.5 Å². The van der Waals surface area contributed by atoms with Crippen molar-refractivity contribution in [2.24, 2.45) is 0 Å². The minimum absolute atomic E-state index is 0.00228. The largest absolute Gasteiger partial charge is 0.496 e. The first-order valence-electron chi connectivity index (χ1n) is 12.5. The van der Waals surface area contributed by atoms with E-state index in [2.05, 4.69) is 5.32 Å². The van der Waals surface area contributed by atoms with Crippen LogP contribution in [0.25, 0.3) is 11.1 Å². The highest BCUT2D eigenvalue weighted by molar-refractivity contribution is 6.30. The molecule has 0 saturated heterocycles. The van der Waals surface area contributed by atoms with E-state index in [1.54, 1.807) is 56.3 Å². The molecule has 0 aliphatic carbocycles. The molecule has 0 atom stereocenters. The Balaban J connectivity index is 1.79. The Kier molecular flexibility index (Phi) is 10.2. The Morgan fingerprint density at radius 1 is 0.925 bits per heavy atom. The lowest BCUT2D eigenvalue weighted by Crippen LogP contribution is -2.39. The summed E-state index contributed by atoms with van der Waals surface area (Å²) in [5.74, 6) is 0.299. The molecule has 40 heavy (non-hydrogen) atoms. The molecule has 3 aromatic rings. The van der Waals surface area contributed by atoms with Crippen LogP contribution in [0.15, 0.2) is 60.7 Å². The van der Waals surface area contributed by atoms with E-state index in [0.717, 1.165) is 12.1 Å². The van der Waals surface area contributed by atoms with Crippen molar-refractivity contribution in [1.82, 2.24) is 5.32 Å². The summed E-state index contributed by atoms with van der Waals surface area (Å²) in [6.07, 6.45) is -4.45. The van der Waals surface area contributed by atoms with Gasteiger partial charge in [-0.05, 0) is 79.1 Å². The summed E-state index contributed by atoms with van der Waals surface area (Å²) in [7, 11) is 2.74. The second-order valence-electron chi connectivity index (χ2n) is 9.57. The highest BCUT2D eigenvalue weighted by Crippen LogP contribution is 2.37. The summed E-state index contributed by atoms with van der Waals surface area (Å²) in [5.41, 5.74) is 0.0863. The topological polar surface area (TPSA) is 73.9 Å². The van der Waals surface area contributed by atoms with Crippen molar-refractivity contribution in [2.45, 2.75) is 45.0 Å². The monoisotopic (exact) mass is 577 g/mol. The van der Waals surface area contributed by atoms with E-state index in [0.29, 0.717) is 38.8 Å². The van der Waals surface area contributed by atoms with E-state index in [9.17, 15) is 22.8 Å². The first-order chi connectivity index (χ1) is 18.8. The molecule has 0 radical (unpaired) electrons. The van der Waals surface area contributed by atoms with Crippen molar-refractivity contribution >= 4 is 23.4 Å². The van der Waals surface area contributed by atoms with Crippen LogP contribution in [0.1, 0.15) is 37.0 Å². The Bertz CT molecular complexity index is 1340. The van der Waals surface area contributed by atoms with Crippen LogP contribution < -0.4 is 14.8 Å². The summed E-state index contributed by atoms with van der Waals surface area (Å²) < 4.78 is 56.7. The lowest BCUT2D eigenvalue weighted by atomic mass is 9.94. The van der Waals surface area contributed by atoms with Gasteiger partial charge in [0.05, 0.1) is 26.2 Å². The number of nitrogens with one attached hydrogen (secondary N) is 1. The molecular formula is C30H31ClF3NO5. The number of esters is 1. The highest BCUT2D eigenvalue weighted by Gasteiger charge is 2.32. The van der Waals surface area contributed by atoms with Gasteiger partial charge in [0, 0.05) is 30.1 Å². The molecule has 0 amide bonds. The first kappa shape index (κ1) is 31.0. The predicted molar refractivity (Wildman–Crippen MR) is 147 cm³/mol. The number of alkyl halides is 3. The van der Waals surface area contributed by atoms with Crippen molar-refractivity contribution < 1.29 is 37.0 Å². The number of Topliss-reactive ketones (excluding diaryl/α,β-unsaturated/α-hetero) is 1. The molecule has 3 rings (SSSR count). The molecule has 0 aliphatic rings. The molecule has 3 aromatic carbocycles. The van der Waals surface area contributed by atoms with Crippen molar-refractivity contribution in [3.8, 4) is 22.6 Å². The fourth-order valence-corrected chi connectivity index (χ4v) is 4.20. The van der Waals surface area contributed by atoms with Crippen molar-refractivity contribution in [3.05, 3.63) is 82.4 Å². The number of carbonyl (C=O) groups excluding carboxylic acids is 2. The number of halogens is 4. The summed E-state index contributed by atoms with van der Waals surface area (Å²) >= 11 is 5.90. The average molecular weight is 578 g/mol. The quantitative estimate of drug-likeness (QED) is 0.192. The maximum absolute atomic E-state index is 13.6. The molecule has 214 valence electrons. The van der Waals surface area contributed by atoms with Gasteiger partial charge in [0.1, 0.15) is 11.5 Å². The van der Waals surface area contributed by atoms with Gasteiger partial charge in [0.25, 0.3) is 0 Å². The zero-order chi connectivity index (χ0) is 29.5. The molecule has 0 saturated carbocycles. The summed E-state index contributed by atoms with van der Waals surface area (Å²) in [4.78, 5) is 24.7. The van der Waals surface area contributed by atoms with E-state index in [4.69, 9.17) is 25.8 Å². The molecule has 0 fully saturated rings. The summed E-state index contributed by atoms with van der Waals surface area (Å²) in [6, 6.07) is 15.2. The van der Waals surface area contributed by atoms with Crippen molar-refractivity contribution in [2.75, 3.05) is 20.8 Å². The van der Waals surface area contributed by atoms with Gasteiger partial charge in [-0.15, -0.1) is 0 Å². The molecule has 6 nitrogen and oxygen atoms in total. The minimum atomic E-state index is -4.54. The lowest BCUT2D eigenvalue weighted by molar-refractivity contribution is -0.140. The van der Waals surface area contributed by atoms with Crippen LogP contribution in [0, 0.1) is 0 Å². The third-order valence-electron chi connectivity index (χ3n) is 6.27. The summed E-state index contributed by atoms with van der Waals surface area (Å²) in [5, 5.41) is 3.63. The van der Waals surface area contributed by atoms with Crippen LogP contribution >= 0.6 is 11.6 Å². The standard InChI is InChI=1S/C30H31ClF3NO5/c1-29(2,40-23-9-7-22(31)8-10-23)27(36)13-14-35-18-20-17-21(30(32,33)34)6-11-24(20)25-15-19(16-28(37)39-4)5-12-26(25)38-3/h5-12,15,17,35H,13-14,16,18H2,1-4H3. The highest BCUT2D eigenvalue weighted by atomic mass is 35.5. The molecule has 0 bridgehead atoms. The number of methoxy groups -OCH3 is 2. The number of benzene rings is 3. The third-order valence-corrected chi connectivity index (χ3v) is 6.52. The Morgan fingerprint density at radius 2 is 1.62 bits per heavy atom. The van der Waals surface area contributed by atoms with Gasteiger partial charge in [-0.1, -0.05) is 23.7 Å². The smallest absolute Gasteiger partial charge is 0.416 e. The maximum Gasteiger partial charge on any atom is 0.416 e. The van der Waals surface area contributed by atoms with Gasteiger partial charge >= 0.3 is 12.1 Å². The van der Waals surface area contributed by atoms with E-state index < -0.39 is 23.3 Å². The van der Waals surface area contributed by atoms with Crippen molar-refractivity contribution in [1.29, 1.82) is 0 Å². The van der Waals surface area contributed by atoms with Crippen LogP contribution in [0.3, 0.4) is 0 Å². The van der Waals surface area contributed by atoms with Gasteiger partial charge in [-0.25, -0.2) is 0 Å². The normalized spacial score (nSPS) is 11.7. The fourth-order valence-electron chi connectivity index (χ4n) is 4.07. The average Bonchev–Trinajstić information content (AvgIpc) is 2.91. The minimum Gasteiger partial charge on any atom is -0.496 e. The molecule has 0 aromatic heterocycles. The van der Waals surface area contributed by atoms with E-state index >= 15 is 0 Å². The number of rotatable bonds is 12. The molecule has 0 spiro atoms. The molecular weight excluding hydrogens is 547 g/mol. The van der Waals surface area contributed by atoms with Crippen LogP contribution in [0.4, 0.5) is 13.2 Å². The van der Waals surface area contributed by atoms with E-state index in [-0.39, 0.29) is 31.7 Å². The number of hydrogen-bond acceptors (Lipinski definition) is 6. The molecule has 0 heterocycles. The number of ketones is 1. The van der Waals surface area contributed by atoms with Gasteiger partial charge in [-0.2, -0.15) is 13.2 Å². The second-order valence-corrected chi connectivity index (χ2v) is 10.0.